The molecule has 14 heavy (non-hydrogen) atoms. The lowest BCUT2D eigenvalue weighted by Crippen LogP contribution is -2.39. The summed E-state index contributed by atoms with van der Waals surface area (Å²) in [7, 11) is 0. The first kappa shape index (κ1) is 11.7. The van der Waals surface area contributed by atoms with Crippen LogP contribution in [0.2, 0.25) is 0 Å². The number of thiophene rings is 1. The molecular formula is C11H19NOS. The van der Waals surface area contributed by atoms with Gasteiger partial charge in [0.15, 0.2) is 0 Å². The molecule has 2 nitrogen and oxygen atoms in total. The summed E-state index contributed by atoms with van der Waals surface area (Å²) in [6.45, 7) is 4.48. The average molecular weight is 213 g/mol. The first-order valence-corrected chi connectivity index (χ1v) is 6.08. The molecule has 80 valence electrons. The predicted molar refractivity (Wildman–Crippen MR) is 61.8 cm³/mol. The van der Waals surface area contributed by atoms with E-state index < -0.39 is 0 Å². The Kier molecular flexibility index (Phi) is 5.15. The Balaban J connectivity index is 2.31. The van der Waals surface area contributed by atoms with Crippen molar-refractivity contribution in [2.75, 3.05) is 6.61 Å². The van der Waals surface area contributed by atoms with E-state index >= 15 is 0 Å². The Bertz CT molecular complexity index is 231. The molecule has 3 heteroatoms. The van der Waals surface area contributed by atoms with Gasteiger partial charge in [-0.15, -0.1) is 0 Å². The second-order valence-electron chi connectivity index (χ2n) is 3.69. The summed E-state index contributed by atoms with van der Waals surface area (Å²) < 4.78 is 0. The monoisotopic (exact) mass is 213 g/mol. The van der Waals surface area contributed by atoms with E-state index in [9.17, 15) is 0 Å². The number of aliphatic hydroxyl groups excluding tert-OH is 1. The van der Waals surface area contributed by atoms with Crippen LogP contribution < -0.4 is 5.32 Å². The highest BCUT2D eigenvalue weighted by molar-refractivity contribution is 7.07. The van der Waals surface area contributed by atoms with Crippen LogP contribution in [0, 0.1) is 0 Å². The number of hydrogen-bond acceptors (Lipinski definition) is 3. The molecule has 0 aliphatic heterocycles. The molecule has 0 aromatic carbocycles. The molecule has 1 aromatic rings. The van der Waals surface area contributed by atoms with Crippen LogP contribution in [-0.2, 0) is 6.42 Å². The van der Waals surface area contributed by atoms with Gasteiger partial charge in [-0.1, -0.05) is 6.92 Å². The van der Waals surface area contributed by atoms with Gasteiger partial charge in [0.1, 0.15) is 0 Å². The fraction of sp³-hybridized carbons (Fsp3) is 0.636. The molecule has 0 aliphatic rings. The smallest absolute Gasteiger partial charge is 0.0584 e. The Morgan fingerprint density at radius 2 is 2.36 bits per heavy atom. The van der Waals surface area contributed by atoms with Crippen molar-refractivity contribution in [2.24, 2.45) is 0 Å². The van der Waals surface area contributed by atoms with Gasteiger partial charge >= 0.3 is 0 Å². The lowest BCUT2D eigenvalue weighted by Gasteiger charge is -2.19. The Hall–Kier alpha value is -0.380. The van der Waals surface area contributed by atoms with Gasteiger partial charge in [-0.05, 0) is 42.2 Å². The highest BCUT2D eigenvalue weighted by Gasteiger charge is 2.09. The van der Waals surface area contributed by atoms with E-state index in [0.717, 1.165) is 12.8 Å². The number of nitrogens with one attached hydrogen (secondary N) is 1. The van der Waals surface area contributed by atoms with Crippen molar-refractivity contribution in [1.82, 2.24) is 5.32 Å². The summed E-state index contributed by atoms with van der Waals surface area (Å²) in [5, 5.41) is 16.7. The standard InChI is InChI=1S/C11H19NOS/c1-3-11(7-13)12-9(2)6-10-4-5-14-8-10/h4-5,8-9,11-13H,3,6-7H2,1-2H3. The highest BCUT2D eigenvalue weighted by Crippen LogP contribution is 2.09. The zero-order valence-electron chi connectivity index (χ0n) is 8.86. The van der Waals surface area contributed by atoms with Crippen molar-refractivity contribution in [3.63, 3.8) is 0 Å². The minimum atomic E-state index is 0.227. The third kappa shape index (κ3) is 3.78. The van der Waals surface area contributed by atoms with Gasteiger partial charge in [0.2, 0.25) is 0 Å². The van der Waals surface area contributed by atoms with Crippen LogP contribution in [-0.4, -0.2) is 23.8 Å². The van der Waals surface area contributed by atoms with Crippen LogP contribution in [0.15, 0.2) is 16.8 Å². The predicted octanol–water partition coefficient (Wildman–Crippen LogP) is 2.04. The van der Waals surface area contributed by atoms with E-state index in [1.807, 2.05) is 0 Å². The number of hydrogen-bond donors (Lipinski definition) is 2. The molecule has 0 aliphatic carbocycles. The van der Waals surface area contributed by atoms with Crippen molar-refractivity contribution < 1.29 is 5.11 Å². The van der Waals surface area contributed by atoms with Crippen molar-refractivity contribution in [1.29, 1.82) is 0 Å². The molecule has 0 fully saturated rings. The van der Waals surface area contributed by atoms with Gasteiger partial charge in [-0.2, -0.15) is 11.3 Å². The van der Waals surface area contributed by atoms with Crippen LogP contribution >= 0.6 is 11.3 Å². The minimum Gasteiger partial charge on any atom is -0.395 e. The van der Waals surface area contributed by atoms with Crippen molar-refractivity contribution >= 4 is 11.3 Å². The Morgan fingerprint density at radius 3 is 2.86 bits per heavy atom. The topological polar surface area (TPSA) is 32.3 Å². The number of rotatable bonds is 6. The summed E-state index contributed by atoms with van der Waals surface area (Å²) in [5.41, 5.74) is 1.38. The van der Waals surface area contributed by atoms with Gasteiger partial charge in [-0.3, -0.25) is 0 Å². The largest absolute Gasteiger partial charge is 0.395 e. The van der Waals surface area contributed by atoms with Gasteiger partial charge in [0.25, 0.3) is 0 Å². The zero-order chi connectivity index (χ0) is 10.4. The summed E-state index contributed by atoms with van der Waals surface area (Å²) in [6, 6.07) is 2.83. The van der Waals surface area contributed by atoms with Crippen molar-refractivity contribution in [2.45, 2.75) is 38.8 Å². The summed E-state index contributed by atoms with van der Waals surface area (Å²) in [6.07, 6.45) is 2.02. The lowest BCUT2D eigenvalue weighted by molar-refractivity contribution is 0.229. The number of aliphatic hydroxyl groups is 1. The maximum atomic E-state index is 9.04. The third-order valence-corrected chi connectivity index (χ3v) is 3.09. The molecule has 0 bridgehead atoms. The van der Waals surface area contributed by atoms with E-state index in [1.165, 1.54) is 5.56 Å². The van der Waals surface area contributed by atoms with Gasteiger partial charge < -0.3 is 10.4 Å². The maximum absolute atomic E-state index is 9.04. The summed E-state index contributed by atoms with van der Waals surface area (Å²) in [5.74, 6) is 0. The summed E-state index contributed by atoms with van der Waals surface area (Å²) >= 11 is 1.73. The van der Waals surface area contributed by atoms with Crippen molar-refractivity contribution in [3.05, 3.63) is 22.4 Å². The molecule has 2 N–H and O–H groups in total. The molecule has 1 aromatic heterocycles. The first-order chi connectivity index (χ1) is 6.76. The quantitative estimate of drug-likeness (QED) is 0.758. The van der Waals surface area contributed by atoms with E-state index in [0.29, 0.717) is 6.04 Å². The first-order valence-electron chi connectivity index (χ1n) is 5.14. The van der Waals surface area contributed by atoms with Crippen LogP contribution in [0.5, 0.6) is 0 Å². The molecule has 0 saturated carbocycles. The second kappa shape index (κ2) is 6.17. The van der Waals surface area contributed by atoms with Crippen LogP contribution in [0.1, 0.15) is 25.8 Å². The Morgan fingerprint density at radius 1 is 1.57 bits per heavy atom. The molecule has 0 saturated heterocycles. The van der Waals surface area contributed by atoms with E-state index in [4.69, 9.17) is 5.11 Å². The maximum Gasteiger partial charge on any atom is 0.0584 e. The van der Waals surface area contributed by atoms with Crippen LogP contribution in [0.4, 0.5) is 0 Å². The van der Waals surface area contributed by atoms with Gasteiger partial charge in [0.05, 0.1) is 6.61 Å². The van der Waals surface area contributed by atoms with E-state index in [2.05, 4.69) is 36.0 Å². The molecule has 2 unspecified atom stereocenters. The second-order valence-corrected chi connectivity index (χ2v) is 4.47. The minimum absolute atomic E-state index is 0.227. The van der Waals surface area contributed by atoms with E-state index in [1.54, 1.807) is 11.3 Å². The fourth-order valence-electron chi connectivity index (χ4n) is 1.52. The molecule has 2 atom stereocenters. The Labute approximate surface area is 90.0 Å². The summed E-state index contributed by atoms with van der Waals surface area (Å²) in [4.78, 5) is 0. The SMILES string of the molecule is CCC(CO)NC(C)Cc1ccsc1. The molecular weight excluding hydrogens is 194 g/mol. The van der Waals surface area contributed by atoms with Crippen molar-refractivity contribution in [3.8, 4) is 0 Å². The normalized spacial score (nSPS) is 15.4. The van der Waals surface area contributed by atoms with Crippen LogP contribution in [0.25, 0.3) is 0 Å². The van der Waals surface area contributed by atoms with Crippen LogP contribution in [0.3, 0.4) is 0 Å². The lowest BCUT2D eigenvalue weighted by atomic mass is 10.1. The third-order valence-electron chi connectivity index (χ3n) is 2.36. The van der Waals surface area contributed by atoms with E-state index in [-0.39, 0.29) is 12.6 Å². The zero-order valence-corrected chi connectivity index (χ0v) is 9.68. The molecule has 1 heterocycles. The molecule has 0 spiro atoms. The fourth-order valence-corrected chi connectivity index (χ4v) is 2.20. The molecule has 0 amide bonds. The molecule has 0 radical (unpaired) electrons. The average Bonchev–Trinajstić information content (AvgIpc) is 2.66. The van der Waals surface area contributed by atoms with Gasteiger partial charge in [0, 0.05) is 12.1 Å². The highest BCUT2D eigenvalue weighted by atomic mass is 32.1. The molecule has 1 rings (SSSR count). The van der Waals surface area contributed by atoms with Gasteiger partial charge in [-0.25, -0.2) is 0 Å².